The smallest absolute Gasteiger partial charge is 0.258 e. The van der Waals surface area contributed by atoms with Gasteiger partial charge in [-0.15, -0.1) is 10.1 Å². The van der Waals surface area contributed by atoms with Gasteiger partial charge >= 0.3 is 55.0 Å². The molecule has 0 unspecified atom stereocenters. The van der Waals surface area contributed by atoms with Crippen LogP contribution in [0.15, 0.2) is 4.90 Å². The molecule has 2 aromatic carbocycles. The predicted molar refractivity (Wildman–Crippen MR) is 106 cm³/mol. The topological polar surface area (TPSA) is 388 Å². The first-order chi connectivity index (χ1) is 17.3. The quantitative estimate of drug-likeness (QED) is 0.285. The fraction of sp³-hybridized carbons (Fsp3) is 0. The Labute approximate surface area is 199 Å². The summed E-state index contributed by atoms with van der Waals surface area (Å²) < 4.78 is 28.2. The van der Waals surface area contributed by atoms with Crippen molar-refractivity contribution in [2.75, 3.05) is 0 Å². The molecule has 28 heteroatoms. The number of hydrogen-bond acceptors (Lipinski definition) is 19. The molecule has 2 aromatic rings. The lowest BCUT2D eigenvalue weighted by Crippen LogP contribution is -2.17. The lowest BCUT2D eigenvalue weighted by atomic mass is 9.99. The molecular formula is C10N8O19S. The van der Waals surface area contributed by atoms with E-state index in [2.05, 4.69) is 4.28 Å². The molecule has 0 radical (unpaired) electrons. The van der Waals surface area contributed by atoms with Gasteiger partial charge in [0, 0.05) is 0 Å². The van der Waals surface area contributed by atoms with E-state index < -0.39 is 105 Å². The van der Waals surface area contributed by atoms with Crippen LogP contribution in [0.1, 0.15) is 0 Å². The minimum atomic E-state index is -6.62. The summed E-state index contributed by atoms with van der Waals surface area (Å²) in [6.07, 6.45) is 0. The summed E-state index contributed by atoms with van der Waals surface area (Å²) in [6.45, 7) is 0. The highest BCUT2D eigenvalue weighted by atomic mass is 32.2. The van der Waals surface area contributed by atoms with Crippen molar-refractivity contribution in [1.29, 1.82) is 0 Å². The Balaban J connectivity index is 3.93. The highest BCUT2D eigenvalue weighted by Gasteiger charge is 2.57. The third kappa shape index (κ3) is 4.14. The third-order valence-electron chi connectivity index (χ3n) is 4.21. The minimum Gasteiger partial charge on any atom is -0.258 e. The maximum Gasteiger partial charge on any atom is 0.430 e. The maximum absolute atomic E-state index is 12.5. The Bertz CT molecular complexity index is 1660. The average molecular weight is 568 g/mol. The van der Waals surface area contributed by atoms with Gasteiger partial charge in [-0.2, -0.15) is 12.7 Å². The second-order valence-electron chi connectivity index (χ2n) is 6.07. The Morgan fingerprint density at radius 1 is 0.421 bits per heavy atom. The number of nitro benzene ring substituents is 7. The van der Waals surface area contributed by atoms with Crippen molar-refractivity contribution in [3.8, 4) is 0 Å². The van der Waals surface area contributed by atoms with E-state index in [0.717, 1.165) is 0 Å². The molecule has 38 heavy (non-hydrogen) atoms. The molecule has 0 atom stereocenters. The molecule has 0 aromatic heterocycles. The summed E-state index contributed by atoms with van der Waals surface area (Å²) in [5.41, 5.74) is -18.1. The van der Waals surface area contributed by atoms with E-state index in [0.29, 0.717) is 0 Å². The molecule has 0 spiro atoms. The highest BCUT2D eigenvalue weighted by molar-refractivity contribution is 7.87. The number of nitro groups is 7. The van der Waals surface area contributed by atoms with Crippen LogP contribution in [0.25, 0.3) is 10.8 Å². The van der Waals surface area contributed by atoms with Crippen LogP contribution in [-0.2, 0) is 14.4 Å². The Morgan fingerprint density at radius 2 is 0.684 bits per heavy atom. The van der Waals surface area contributed by atoms with Crippen molar-refractivity contribution in [1.82, 2.24) is 0 Å². The van der Waals surface area contributed by atoms with E-state index in [1.165, 1.54) is 0 Å². The molecule has 0 amide bonds. The number of rotatable bonds is 10. The summed E-state index contributed by atoms with van der Waals surface area (Å²) in [5, 5.41) is 85.0. The summed E-state index contributed by atoms with van der Waals surface area (Å²) >= 11 is 0. The van der Waals surface area contributed by atoms with Crippen LogP contribution in [0.5, 0.6) is 0 Å². The molecule has 0 aliphatic rings. The molecular weight excluding hydrogens is 568 g/mol. The van der Waals surface area contributed by atoms with E-state index in [9.17, 15) is 89.3 Å². The molecule has 0 aliphatic carbocycles. The van der Waals surface area contributed by atoms with Crippen molar-refractivity contribution in [2.45, 2.75) is 4.90 Å². The largest absolute Gasteiger partial charge is 0.430 e. The first-order valence-corrected chi connectivity index (χ1v) is 9.53. The maximum atomic E-state index is 12.5. The van der Waals surface area contributed by atoms with E-state index in [1.54, 1.807) is 0 Å². The first-order valence-electron chi connectivity index (χ1n) is 8.12. The third-order valence-corrected chi connectivity index (χ3v) is 5.43. The van der Waals surface area contributed by atoms with Crippen LogP contribution in [0.3, 0.4) is 0 Å². The normalized spacial score (nSPS) is 10.9. The number of nitrogens with zero attached hydrogens (tertiary/aromatic N) is 8. The van der Waals surface area contributed by atoms with Crippen molar-refractivity contribution >= 4 is 60.7 Å². The van der Waals surface area contributed by atoms with Gasteiger partial charge in [0.2, 0.25) is 0 Å². The SMILES string of the molecule is O=[N+]([O-])OS(=O)(=O)c1c([N+](=O)[O-])c([N+](=O)[O-])c([N+](=O)[O-])c2c([N+](=O)[O-])c([N+](=O)[O-])c([N+](=O)[O-])c([N+](=O)[O-])c12. The molecule has 27 nitrogen and oxygen atoms in total. The van der Waals surface area contributed by atoms with Gasteiger partial charge in [-0.3, -0.25) is 70.8 Å². The van der Waals surface area contributed by atoms with E-state index in [4.69, 9.17) is 0 Å². The Hall–Kier alpha value is -6.35. The molecule has 2 rings (SSSR count). The fourth-order valence-corrected chi connectivity index (χ4v) is 4.28. The van der Waals surface area contributed by atoms with Gasteiger partial charge in [0.25, 0.3) is 0 Å². The monoisotopic (exact) mass is 568 g/mol. The molecule has 0 N–H and O–H groups in total. The molecule has 0 saturated carbocycles. The zero-order valence-corrected chi connectivity index (χ0v) is 17.6. The van der Waals surface area contributed by atoms with E-state index in [1.807, 2.05) is 0 Å². The van der Waals surface area contributed by atoms with Crippen molar-refractivity contribution < 1.29 is 52.3 Å². The van der Waals surface area contributed by atoms with Crippen LogP contribution in [-0.4, -0.2) is 48.0 Å². The number of fused-ring (bicyclic) bond motifs is 1. The second-order valence-corrected chi connectivity index (χ2v) is 7.54. The van der Waals surface area contributed by atoms with Gasteiger partial charge in [0.05, 0.1) is 34.5 Å². The summed E-state index contributed by atoms with van der Waals surface area (Å²) in [4.78, 5) is 74.6. The number of hydrogen-bond donors (Lipinski definition) is 0. The summed E-state index contributed by atoms with van der Waals surface area (Å²) in [7, 11) is -6.62. The van der Waals surface area contributed by atoms with Crippen LogP contribution in [0.2, 0.25) is 0 Å². The van der Waals surface area contributed by atoms with Gasteiger partial charge in [0.1, 0.15) is 5.39 Å². The zero-order valence-electron chi connectivity index (χ0n) is 16.7. The molecule has 0 fully saturated rings. The van der Waals surface area contributed by atoms with Gasteiger partial charge in [-0.05, 0) is 0 Å². The second kappa shape index (κ2) is 9.02. The Kier molecular flexibility index (Phi) is 6.62. The van der Waals surface area contributed by atoms with E-state index >= 15 is 0 Å². The average Bonchev–Trinajstić information content (AvgIpc) is 2.73. The van der Waals surface area contributed by atoms with Crippen molar-refractivity contribution in [2.24, 2.45) is 0 Å². The minimum absolute atomic E-state index is 2.07. The highest BCUT2D eigenvalue weighted by Crippen LogP contribution is 2.58. The fourth-order valence-electron chi connectivity index (χ4n) is 3.19. The van der Waals surface area contributed by atoms with Crippen molar-refractivity contribution in [3.05, 3.63) is 80.9 Å². The predicted octanol–water partition coefficient (Wildman–Crippen LogP) is 1.09. The van der Waals surface area contributed by atoms with Crippen LogP contribution in [0.4, 0.5) is 39.8 Å². The standard InChI is InChI=1S/C10N8O19S/c19-11(20)3-1-2(5(13(23)24)7(15(27)28)6(3)14(25)26)10(38(35,36)37-18(33)34)9(17(31)32)8(16(29)30)4(1)12(21)22. The lowest BCUT2D eigenvalue weighted by Gasteiger charge is -2.10. The number of benzene rings is 2. The molecule has 0 heterocycles. The van der Waals surface area contributed by atoms with Crippen LogP contribution in [0, 0.1) is 80.9 Å². The Morgan fingerprint density at radius 3 is 0.947 bits per heavy atom. The molecule has 0 saturated heterocycles. The van der Waals surface area contributed by atoms with Crippen LogP contribution < -0.4 is 0 Å². The zero-order chi connectivity index (χ0) is 29.6. The molecule has 0 aliphatic heterocycles. The van der Waals surface area contributed by atoms with Gasteiger partial charge < -0.3 is 0 Å². The summed E-state index contributed by atoms with van der Waals surface area (Å²) in [5.74, 6) is 0. The van der Waals surface area contributed by atoms with Crippen LogP contribution >= 0.6 is 0 Å². The van der Waals surface area contributed by atoms with Crippen molar-refractivity contribution in [3.63, 3.8) is 0 Å². The van der Waals surface area contributed by atoms with Gasteiger partial charge in [0.15, 0.2) is 10.3 Å². The van der Waals surface area contributed by atoms with E-state index in [-0.39, 0.29) is 0 Å². The molecule has 200 valence electrons. The van der Waals surface area contributed by atoms with Gasteiger partial charge in [-0.25, -0.2) is 0 Å². The first kappa shape index (κ1) is 27.9. The molecule has 0 bridgehead atoms. The summed E-state index contributed by atoms with van der Waals surface area (Å²) in [6, 6.07) is 0. The van der Waals surface area contributed by atoms with Gasteiger partial charge in [-0.1, -0.05) is 0 Å². The lowest BCUT2D eigenvalue weighted by molar-refractivity contribution is -0.711.